The van der Waals surface area contributed by atoms with Crippen molar-refractivity contribution < 1.29 is 4.74 Å². The van der Waals surface area contributed by atoms with Gasteiger partial charge in [-0.15, -0.1) is 0 Å². The van der Waals surface area contributed by atoms with Gasteiger partial charge < -0.3 is 10.1 Å². The van der Waals surface area contributed by atoms with Crippen LogP contribution in [-0.2, 0) is 0 Å². The van der Waals surface area contributed by atoms with E-state index in [1.54, 1.807) is 7.11 Å². The molecule has 78 valence electrons. The quantitative estimate of drug-likeness (QED) is 0.826. The molecule has 0 aliphatic carbocycles. The molecule has 0 spiro atoms. The number of hydrogen-bond acceptors (Lipinski definition) is 2. The monoisotopic (exact) mass is 213 g/mol. The topological polar surface area (TPSA) is 21.3 Å². The minimum Gasteiger partial charge on any atom is -0.495 e. The third-order valence-corrected chi connectivity index (χ3v) is 2.47. The van der Waals surface area contributed by atoms with Crippen LogP contribution in [0.2, 0.25) is 5.02 Å². The van der Waals surface area contributed by atoms with Gasteiger partial charge in [-0.1, -0.05) is 18.5 Å². The van der Waals surface area contributed by atoms with Crippen LogP contribution in [-0.4, -0.2) is 13.2 Å². The summed E-state index contributed by atoms with van der Waals surface area (Å²) in [5.74, 6) is 0.710. The molecule has 0 saturated heterocycles. The van der Waals surface area contributed by atoms with Crippen LogP contribution in [0.15, 0.2) is 18.2 Å². The van der Waals surface area contributed by atoms with Crippen molar-refractivity contribution in [3.05, 3.63) is 23.2 Å². The van der Waals surface area contributed by atoms with Gasteiger partial charge in [-0.25, -0.2) is 0 Å². The number of rotatable bonds is 4. The molecule has 0 saturated carbocycles. The molecule has 0 aromatic heterocycles. The van der Waals surface area contributed by atoms with E-state index in [0.717, 1.165) is 12.1 Å². The number of anilines is 1. The number of ether oxygens (including phenoxy) is 1. The second kappa shape index (κ2) is 5.11. The van der Waals surface area contributed by atoms with Crippen LogP contribution in [0.5, 0.6) is 5.75 Å². The predicted octanol–water partition coefficient (Wildman–Crippen LogP) is 3.56. The van der Waals surface area contributed by atoms with Gasteiger partial charge in [0, 0.05) is 11.7 Å². The highest BCUT2D eigenvalue weighted by atomic mass is 35.5. The highest BCUT2D eigenvalue weighted by Crippen LogP contribution is 2.27. The summed E-state index contributed by atoms with van der Waals surface area (Å²) in [7, 11) is 1.61. The maximum absolute atomic E-state index is 5.99. The average molecular weight is 214 g/mol. The third-order valence-electron chi connectivity index (χ3n) is 2.18. The first-order chi connectivity index (χ1) is 6.67. The number of nitrogens with one attached hydrogen (secondary N) is 1. The Morgan fingerprint density at radius 2 is 2.21 bits per heavy atom. The van der Waals surface area contributed by atoms with Gasteiger partial charge in [0.15, 0.2) is 0 Å². The first kappa shape index (κ1) is 11.2. The van der Waals surface area contributed by atoms with Crippen LogP contribution in [0.1, 0.15) is 20.3 Å². The summed E-state index contributed by atoms with van der Waals surface area (Å²) < 4.78 is 5.07. The van der Waals surface area contributed by atoms with Gasteiger partial charge in [0.05, 0.1) is 12.1 Å². The molecule has 14 heavy (non-hydrogen) atoms. The highest BCUT2D eigenvalue weighted by Gasteiger charge is 2.03. The van der Waals surface area contributed by atoms with E-state index in [9.17, 15) is 0 Å². The highest BCUT2D eigenvalue weighted by molar-refractivity contribution is 6.32. The Hall–Kier alpha value is -0.890. The van der Waals surface area contributed by atoms with Gasteiger partial charge in [0.2, 0.25) is 0 Å². The fraction of sp³-hybridized carbons (Fsp3) is 0.455. The van der Waals surface area contributed by atoms with Crippen molar-refractivity contribution in [2.75, 3.05) is 12.4 Å². The Labute approximate surface area is 90.2 Å². The lowest BCUT2D eigenvalue weighted by molar-refractivity contribution is 0.415. The normalized spacial score (nSPS) is 12.3. The fourth-order valence-corrected chi connectivity index (χ4v) is 1.40. The van der Waals surface area contributed by atoms with E-state index < -0.39 is 0 Å². The zero-order chi connectivity index (χ0) is 10.6. The lowest BCUT2D eigenvalue weighted by Gasteiger charge is -2.13. The lowest BCUT2D eigenvalue weighted by atomic mass is 10.2. The van der Waals surface area contributed by atoms with E-state index in [-0.39, 0.29) is 0 Å². The fourth-order valence-electron chi connectivity index (χ4n) is 1.14. The zero-order valence-corrected chi connectivity index (χ0v) is 9.56. The Balaban J connectivity index is 2.76. The SMILES string of the molecule is CC[C@H](C)Nc1ccc(OC)c(Cl)c1. The molecule has 0 aliphatic heterocycles. The molecule has 0 aliphatic rings. The summed E-state index contributed by atoms with van der Waals surface area (Å²) in [6.07, 6.45) is 1.09. The molecular weight excluding hydrogens is 198 g/mol. The van der Waals surface area contributed by atoms with Crippen LogP contribution in [0.4, 0.5) is 5.69 Å². The summed E-state index contributed by atoms with van der Waals surface area (Å²) >= 11 is 5.99. The molecule has 0 radical (unpaired) electrons. The predicted molar refractivity (Wildman–Crippen MR) is 61.4 cm³/mol. The molecule has 0 heterocycles. The van der Waals surface area contributed by atoms with Gasteiger partial charge in [-0.3, -0.25) is 0 Å². The Morgan fingerprint density at radius 3 is 2.71 bits per heavy atom. The number of hydrogen-bond donors (Lipinski definition) is 1. The van der Waals surface area contributed by atoms with Crippen molar-refractivity contribution >= 4 is 17.3 Å². The van der Waals surface area contributed by atoms with Gasteiger partial charge >= 0.3 is 0 Å². The van der Waals surface area contributed by atoms with Gasteiger partial charge in [-0.05, 0) is 31.5 Å². The van der Waals surface area contributed by atoms with E-state index in [0.29, 0.717) is 16.8 Å². The summed E-state index contributed by atoms with van der Waals surface area (Å²) in [6.45, 7) is 4.28. The molecule has 1 N–H and O–H groups in total. The Bertz CT molecular complexity index is 301. The van der Waals surface area contributed by atoms with Crippen molar-refractivity contribution in [2.45, 2.75) is 26.3 Å². The van der Waals surface area contributed by atoms with Crippen molar-refractivity contribution in [3.8, 4) is 5.75 Å². The van der Waals surface area contributed by atoms with E-state index in [1.165, 1.54) is 0 Å². The number of benzene rings is 1. The molecular formula is C11H16ClNO. The first-order valence-electron chi connectivity index (χ1n) is 4.77. The maximum atomic E-state index is 5.99. The van der Waals surface area contributed by atoms with E-state index in [4.69, 9.17) is 16.3 Å². The van der Waals surface area contributed by atoms with Crippen LogP contribution in [0.3, 0.4) is 0 Å². The molecule has 0 bridgehead atoms. The Morgan fingerprint density at radius 1 is 1.50 bits per heavy atom. The van der Waals surface area contributed by atoms with Gasteiger partial charge in [0.1, 0.15) is 5.75 Å². The summed E-state index contributed by atoms with van der Waals surface area (Å²) in [6, 6.07) is 6.18. The minimum absolute atomic E-state index is 0.458. The second-order valence-electron chi connectivity index (χ2n) is 3.30. The van der Waals surface area contributed by atoms with E-state index in [1.807, 2.05) is 18.2 Å². The third kappa shape index (κ3) is 2.81. The Kier molecular flexibility index (Phi) is 4.08. The molecule has 1 aromatic rings. The molecule has 1 rings (SSSR count). The average Bonchev–Trinajstić information content (AvgIpc) is 2.18. The molecule has 0 fully saturated rings. The van der Waals surface area contributed by atoms with E-state index in [2.05, 4.69) is 19.2 Å². The van der Waals surface area contributed by atoms with E-state index >= 15 is 0 Å². The summed E-state index contributed by atoms with van der Waals surface area (Å²) in [4.78, 5) is 0. The summed E-state index contributed by atoms with van der Waals surface area (Å²) in [5, 5.41) is 3.98. The van der Waals surface area contributed by atoms with Gasteiger partial charge in [0.25, 0.3) is 0 Å². The van der Waals surface area contributed by atoms with Crippen molar-refractivity contribution in [3.63, 3.8) is 0 Å². The number of methoxy groups -OCH3 is 1. The molecule has 1 aromatic carbocycles. The smallest absolute Gasteiger partial charge is 0.137 e. The van der Waals surface area contributed by atoms with Crippen molar-refractivity contribution in [1.29, 1.82) is 0 Å². The van der Waals surface area contributed by atoms with Crippen LogP contribution < -0.4 is 10.1 Å². The van der Waals surface area contributed by atoms with Crippen LogP contribution in [0.25, 0.3) is 0 Å². The molecule has 0 amide bonds. The van der Waals surface area contributed by atoms with Crippen molar-refractivity contribution in [1.82, 2.24) is 0 Å². The maximum Gasteiger partial charge on any atom is 0.137 e. The molecule has 2 nitrogen and oxygen atoms in total. The van der Waals surface area contributed by atoms with Crippen LogP contribution >= 0.6 is 11.6 Å². The molecule has 0 unspecified atom stereocenters. The van der Waals surface area contributed by atoms with Crippen molar-refractivity contribution in [2.24, 2.45) is 0 Å². The van der Waals surface area contributed by atoms with Gasteiger partial charge in [-0.2, -0.15) is 0 Å². The zero-order valence-electron chi connectivity index (χ0n) is 8.80. The first-order valence-corrected chi connectivity index (χ1v) is 5.15. The molecule has 3 heteroatoms. The van der Waals surface area contributed by atoms with Crippen LogP contribution in [0, 0.1) is 0 Å². The number of halogens is 1. The minimum atomic E-state index is 0.458. The second-order valence-corrected chi connectivity index (χ2v) is 3.71. The standard InChI is InChI=1S/C11H16ClNO/c1-4-8(2)13-9-5-6-11(14-3)10(12)7-9/h5-8,13H,4H2,1-3H3/t8-/m0/s1. The summed E-state index contributed by atoms with van der Waals surface area (Å²) in [5.41, 5.74) is 1.03. The lowest BCUT2D eigenvalue weighted by Crippen LogP contribution is -2.13. The largest absolute Gasteiger partial charge is 0.495 e. The molecule has 1 atom stereocenters.